The zero-order valence-corrected chi connectivity index (χ0v) is 17.8. The van der Waals surface area contributed by atoms with E-state index in [9.17, 15) is 4.79 Å². The van der Waals surface area contributed by atoms with Gasteiger partial charge in [-0.05, 0) is 46.3 Å². The molecule has 0 spiro atoms. The Morgan fingerprint density at radius 1 is 1.18 bits per heavy atom. The van der Waals surface area contributed by atoms with Crippen LogP contribution in [0.4, 0.5) is 0 Å². The van der Waals surface area contributed by atoms with Crippen LogP contribution in [0.3, 0.4) is 0 Å². The second-order valence-corrected chi connectivity index (χ2v) is 9.31. The smallest absolute Gasteiger partial charge is 0.350 e. The molecule has 28 heavy (non-hydrogen) atoms. The van der Waals surface area contributed by atoms with E-state index in [1.165, 1.54) is 0 Å². The molecule has 0 atom stereocenters. The predicted octanol–water partition coefficient (Wildman–Crippen LogP) is 4.18. The maximum Gasteiger partial charge on any atom is 0.350 e. The topological polar surface area (TPSA) is 72.3 Å². The quantitative estimate of drug-likeness (QED) is 0.611. The maximum atomic E-state index is 12.9. The number of nitrogens with zero attached hydrogens (tertiary/aromatic N) is 4. The fraction of sp³-hybridized carbons (Fsp3) is 0.381. The Hall–Kier alpha value is -2.59. The van der Waals surface area contributed by atoms with Crippen LogP contribution in [-0.4, -0.2) is 20.3 Å². The lowest BCUT2D eigenvalue weighted by Crippen LogP contribution is -2.67. The van der Waals surface area contributed by atoms with E-state index in [-0.39, 0.29) is 28.7 Å². The largest absolute Gasteiger partial charge is 0.489 e. The molecule has 0 amide bonds. The molecule has 0 N–H and O–H groups in total. The fourth-order valence-electron chi connectivity index (χ4n) is 4.95. The summed E-state index contributed by atoms with van der Waals surface area (Å²) in [6, 6.07) is 12.9. The van der Waals surface area contributed by atoms with Crippen molar-refractivity contribution in [2.45, 2.75) is 39.8 Å². The molecule has 0 unspecified atom stereocenters. The number of pyridine rings is 1. The zero-order valence-electron chi connectivity index (χ0n) is 16.2. The molecule has 0 saturated heterocycles. The molecule has 0 aliphatic heterocycles. The second-order valence-electron chi connectivity index (χ2n) is 8.45. The minimum atomic E-state index is -0.314. The first kappa shape index (κ1) is 18.8. The normalized spacial score (nSPS) is 22.4. The lowest BCUT2D eigenvalue weighted by molar-refractivity contribution is -0.192. The van der Waals surface area contributed by atoms with Crippen LogP contribution in [0.5, 0.6) is 5.75 Å². The minimum Gasteiger partial charge on any atom is -0.489 e. The third-order valence-corrected chi connectivity index (χ3v) is 6.43. The number of fused-ring (bicyclic) bond motifs is 1. The minimum absolute atomic E-state index is 0.112. The van der Waals surface area contributed by atoms with Crippen molar-refractivity contribution in [3.63, 3.8) is 0 Å². The summed E-state index contributed by atoms with van der Waals surface area (Å²) in [6.07, 6.45) is 1.61. The van der Waals surface area contributed by atoms with Gasteiger partial charge in [-0.2, -0.15) is 5.26 Å². The number of halogens is 1. The third-order valence-electron chi connectivity index (χ3n) is 5.77. The van der Waals surface area contributed by atoms with Crippen LogP contribution < -0.4 is 10.4 Å². The van der Waals surface area contributed by atoms with E-state index < -0.39 is 0 Å². The average molecular weight is 441 g/mol. The van der Waals surface area contributed by atoms with Crippen molar-refractivity contribution in [1.29, 1.82) is 5.26 Å². The highest BCUT2D eigenvalue weighted by Gasteiger charge is 2.65. The van der Waals surface area contributed by atoms with E-state index in [1.807, 2.05) is 24.3 Å². The number of aromatic nitrogens is 3. The monoisotopic (exact) mass is 440 g/mol. The van der Waals surface area contributed by atoms with E-state index >= 15 is 0 Å². The number of rotatable bonds is 3. The molecule has 7 heteroatoms. The van der Waals surface area contributed by atoms with Gasteiger partial charge in [0.2, 0.25) is 0 Å². The molecule has 4 rings (SSSR count). The number of ether oxygens (including phenoxy) is 1. The summed E-state index contributed by atoms with van der Waals surface area (Å²) in [5, 5.41) is 13.7. The summed E-state index contributed by atoms with van der Waals surface area (Å²) in [5.41, 5.74) is 0.437. The first-order valence-electron chi connectivity index (χ1n) is 9.10. The Morgan fingerprint density at radius 2 is 1.89 bits per heavy atom. The SMILES string of the molecule is CC1(C)C(Oc2ccc(C#N)c(Br)c2)C(C)(C)C1n1nc2ccccn2c1=O. The molecule has 1 saturated carbocycles. The molecule has 1 aliphatic rings. The first-order valence-corrected chi connectivity index (χ1v) is 9.89. The maximum absolute atomic E-state index is 12.9. The molecule has 0 bridgehead atoms. The molecule has 2 aromatic heterocycles. The molecule has 0 radical (unpaired) electrons. The van der Waals surface area contributed by atoms with E-state index in [0.29, 0.717) is 21.4 Å². The highest BCUT2D eigenvalue weighted by molar-refractivity contribution is 9.10. The van der Waals surface area contributed by atoms with Gasteiger partial charge in [-0.25, -0.2) is 9.48 Å². The van der Waals surface area contributed by atoms with Crippen molar-refractivity contribution in [2.24, 2.45) is 10.8 Å². The van der Waals surface area contributed by atoms with Gasteiger partial charge in [0, 0.05) is 21.5 Å². The molecule has 1 aromatic carbocycles. The number of nitriles is 1. The molecule has 1 fully saturated rings. The molecular weight excluding hydrogens is 420 g/mol. The summed E-state index contributed by atoms with van der Waals surface area (Å²) in [5.74, 6) is 0.692. The molecular formula is C21H21BrN4O2. The highest BCUT2D eigenvalue weighted by atomic mass is 79.9. The van der Waals surface area contributed by atoms with Gasteiger partial charge in [-0.1, -0.05) is 33.8 Å². The summed E-state index contributed by atoms with van der Waals surface area (Å²) in [6.45, 7) is 8.40. The van der Waals surface area contributed by atoms with E-state index in [0.717, 1.165) is 0 Å². The van der Waals surface area contributed by atoms with Crippen molar-refractivity contribution in [3.8, 4) is 11.8 Å². The van der Waals surface area contributed by atoms with Crippen molar-refractivity contribution in [2.75, 3.05) is 0 Å². The lowest BCUT2D eigenvalue weighted by atomic mass is 9.49. The van der Waals surface area contributed by atoms with Gasteiger partial charge in [0.25, 0.3) is 0 Å². The van der Waals surface area contributed by atoms with Crippen LogP contribution in [0.2, 0.25) is 0 Å². The Balaban J connectivity index is 1.69. The molecule has 3 aromatic rings. The van der Waals surface area contributed by atoms with Gasteiger partial charge in [0.15, 0.2) is 5.65 Å². The van der Waals surface area contributed by atoms with Crippen molar-refractivity contribution in [1.82, 2.24) is 14.2 Å². The highest BCUT2D eigenvalue weighted by Crippen LogP contribution is 2.62. The summed E-state index contributed by atoms with van der Waals surface area (Å²) in [7, 11) is 0. The van der Waals surface area contributed by atoms with Crippen LogP contribution in [0.15, 0.2) is 51.9 Å². The van der Waals surface area contributed by atoms with Crippen LogP contribution in [-0.2, 0) is 0 Å². The Morgan fingerprint density at radius 3 is 2.50 bits per heavy atom. The van der Waals surface area contributed by atoms with Crippen LogP contribution in [0.1, 0.15) is 39.3 Å². The Kier molecular flexibility index (Phi) is 4.16. The number of hydrogen-bond acceptors (Lipinski definition) is 4. The van der Waals surface area contributed by atoms with E-state index in [4.69, 9.17) is 10.00 Å². The molecule has 2 heterocycles. The molecule has 1 aliphatic carbocycles. The summed E-state index contributed by atoms with van der Waals surface area (Å²) >= 11 is 3.41. The standard InChI is InChI=1S/C21H21BrN4O2/c1-20(2)17(26-19(27)25-10-6-5-7-16(25)24-26)21(3,4)18(20)28-14-9-8-13(12-23)15(22)11-14/h5-11,17-18H,1-4H3. The first-order chi connectivity index (χ1) is 13.2. The van der Waals surface area contributed by atoms with Gasteiger partial charge >= 0.3 is 5.69 Å². The zero-order chi connectivity index (χ0) is 20.3. The molecule has 144 valence electrons. The summed E-state index contributed by atoms with van der Waals surface area (Å²) < 4.78 is 10.2. The van der Waals surface area contributed by atoms with E-state index in [2.05, 4.69) is 54.8 Å². The van der Waals surface area contributed by atoms with Crippen molar-refractivity contribution in [3.05, 3.63) is 63.1 Å². The van der Waals surface area contributed by atoms with Crippen LogP contribution in [0.25, 0.3) is 5.65 Å². The van der Waals surface area contributed by atoms with Crippen molar-refractivity contribution >= 4 is 21.6 Å². The van der Waals surface area contributed by atoms with Crippen LogP contribution in [0, 0.1) is 22.2 Å². The second kappa shape index (κ2) is 6.21. The number of benzene rings is 1. The van der Waals surface area contributed by atoms with Crippen LogP contribution >= 0.6 is 15.9 Å². The number of hydrogen-bond donors (Lipinski definition) is 0. The van der Waals surface area contributed by atoms with Gasteiger partial charge in [-0.3, -0.25) is 4.40 Å². The van der Waals surface area contributed by atoms with Crippen molar-refractivity contribution < 1.29 is 4.74 Å². The van der Waals surface area contributed by atoms with E-state index in [1.54, 1.807) is 27.4 Å². The Labute approximate surface area is 171 Å². The van der Waals surface area contributed by atoms with Gasteiger partial charge in [0.1, 0.15) is 17.9 Å². The van der Waals surface area contributed by atoms with Gasteiger partial charge < -0.3 is 4.74 Å². The Bertz CT molecular complexity index is 1150. The lowest BCUT2D eigenvalue weighted by Gasteiger charge is -2.62. The van der Waals surface area contributed by atoms with Gasteiger partial charge in [-0.15, -0.1) is 5.10 Å². The fourth-order valence-corrected chi connectivity index (χ4v) is 5.39. The molecule has 6 nitrogen and oxygen atoms in total. The van der Waals surface area contributed by atoms with Gasteiger partial charge in [0.05, 0.1) is 11.6 Å². The predicted molar refractivity (Wildman–Crippen MR) is 109 cm³/mol. The summed E-state index contributed by atoms with van der Waals surface area (Å²) in [4.78, 5) is 12.9. The third kappa shape index (κ3) is 2.59. The average Bonchev–Trinajstić information content (AvgIpc) is 2.95.